The van der Waals surface area contributed by atoms with E-state index in [2.05, 4.69) is 17.4 Å². The molecule has 254 valence electrons. The van der Waals surface area contributed by atoms with Crippen molar-refractivity contribution >= 4 is 23.9 Å². The molecule has 3 aliphatic heterocycles. The van der Waals surface area contributed by atoms with Gasteiger partial charge in [-0.3, -0.25) is 14.4 Å². The van der Waals surface area contributed by atoms with E-state index >= 15 is 0 Å². The van der Waals surface area contributed by atoms with Crippen molar-refractivity contribution in [3.05, 3.63) is 63.1 Å². The number of carbonyl (C=O) groups is 3. The number of pyridine rings is 1. The van der Waals surface area contributed by atoms with E-state index in [9.17, 15) is 28.0 Å². The summed E-state index contributed by atoms with van der Waals surface area (Å²) in [6.45, 7) is 3.10. The van der Waals surface area contributed by atoms with Crippen LogP contribution in [0.15, 0.2) is 34.3 Å². The number of hydrogen-bond donors (Lipinski definition) is 1. The van der Waals surface area contributed by atoms with Crippen LogP contribution in [0.5, 0.6) is 5.75 Å². The number of unbranched alkanes of at least 4 members (excludes halogenated alkanes) is 3. The highest BCUT2D eigenvalue weighted by Crippen LogP contribution is 2.46. The summed E-state index contributed by atoms with van der Waals surface area (Å²) in [5.74, 6) is -3.26. The van der Waals surface area contributed by atoms with Gasteiger partial charge in [0.1, 0.15) is 17.2 Å². The second-order valence-corrected chi connectivity index (χ2v) is 11.8. The van der Waals surface area contributed by atoms with Crippen molar-refractivity contribution in [1.82, 2.24) is 14.8 Å². The molecule has 47 heavy (non-hydrogen) atoms. The van der Waals surface area contributed by atoms with Gasteiger partial charge in [0.2, 0.25) is 23.9 Å². The maximum absolute atomic E-state index is 14.3. The third kappa shape index (κ3) is 7.03. The van der Waals surface area contributed by atoms with Crippen molar-refractivity contribution < 1.29 is 46.9 Å². The molecule has 0 radical (unpaired) electrons. The number of ether oxygens (including phenoxy) is 4. The standard InChI is InChI=1S/C32H38F2N4O9/c1-4-5-6-7-12-44-31(42)46-18-45-28-26-30(41)37-17-24(32(11-10-19(37)2)14-25(43-3)36-47-32)38(26)16-22(27(28)39)29(40)35-15-20-8-9-21(33)13-23(20)34/h8-9,13,16,19,24H,4-7,10-12,14-15,17-18H2,1-3H3,(H,35,40)/t19-,24+,32-/m0/s1. The highest BCUT2D eigenvalue weighted by atomic mass is 19.1. The van der Waals surface area contributed by atoms with Crippen LogP contribution in [-0.2, 0) is 25.6 Å². The highest BCUT2D eigenvalue weighted by molar-refractivity contribution is 5.99. The normalized spacial score (nSPS) is 21.3. The summed E-state index contributed by atoms with van der Waals surface area (Å²) in [5, 5.41) is 6.57. The van der Waals surface area contributed by atoms with Gasteiger partial charge in [-0.1, -0.05) is 37.4 Å². The average Bonchev–Trinajstić information content (AvgIpc) is 3.43. The molecule has 1 aromatic heterocycles. The summed E-state index contributed by atoms with van der Waals surface area (Å²) in [4.78, 5) is 61.1. The monoisotopic (exact) mass is 660 g/mol. The molecule has 2 bridgehead atoms. The van der Waals surface area contributed by atoms with Crippen LogP contribution < -0.4 is 15.5 Å². The molecule has 3 atom stereocenters. The van der Waals surface area contributed by atoms with E-state index in [1.165, 1.54) is 23.9 Å². The molecule has 1 aromatic carbocycles. The molecular formula is C32H38F2N4O9. The largest absolute Gasteiger partial charge is 0.511 e. The summed E-state index contributed by atoms with van der Waals surface area (Å²) in [7, 11) is 1.47. The van der Waals surface area contributed by atoms with Crippen molar-refractivity contribution in [3.8, 4) is 5.75 Å². The zero-order chi connectivity index (χ0) is 33.7. The lowest BCUT2D eigenvalue weighted by molar-refractivity contribution is -0.0658. The molecule has 5 rings (SSSR count). The Morgan fingerprint density at radius 2 is 1.98 bits per heavy atom. The molecule has 4 heterocycles. The van der Waals surface area contributed by atoms with Gasteiger partial charge in [0.15, 0.2) is 11.3 Å². The summed E-state index contributed by atoms with van der Waals surface area (Å²) in [6.07, 6.45) is 5.06. The first kappa shape index (κ1) is 33.7. The minimum absolute atomic E-state index is 0.0120. The van der Waals surface area contributed by atoms with Crippen molar-refractivity contribution in [3.63, 3.8) is 0 Å². The van der Waals surface area contributed by atoms with Crippen LogP contribution in [0, 0.1) is 11.6 Å². The van der Waals surface area contributed by atoms with Gasteiger partial charge in [-0.15, -0.1) is 0 Å². The molecule has 13 nitrogen and oxygen atoms in total. The van der Waals surface area contributed by atoms with Crippen molar-refractivity contribution in [2.24, 2.45) is 5.16 Å². The van der Waals surface area contributed by atoms with Gasteiger partial charge in [-0.2, -0.15) is 0 Å². The molecule has 2 aromatic rings. The van der Waals surface area contributed by atoms with Crippen LogP contribution in [0.3, 0.4) is 0 Å². The van der Waals surface area contributed by atoms with Gasteiger partial charge in [-0.05, 0) is 32.3 Å². The minimum Gasteiger partial charge on any atom is -0.482 e. The highest BCUT2D eigenvalue weighted by Gasteiger charge is 2.55. The van der Waals surface area contributed by atoms with Crippen molar-refractivity contribution in [1.29, 1.82) is 0 Å². The van der Waals surface area contributed by atoms with Crippen molar-refractivity contribution in [2.45, 2.75) is 83.0 Å². The van der Waals surface area contributed by atoms with Gasteiger partial charge in [0, 0.05) is 37.0 Å². The second-order valence-electron chi connectivity index (χ2n) is 11.8. The minimum atomic E-state index is -1.02. The number of methoxy groups -OCH3 is 1. The van der Waals surface area contributed by atoms with E-state index in [-0.39, 0.29) is 43.4 Å². The van der Waals surface area contributed by atoms with E-state index in [0.717, 1.165) is 25.3 Å². The first-order chi connectivity index (χ1) is 22.6. The molecule has 0 saturated carbocycles. The molecule has 1 saturated heterocycles. The van der Waals surface area contributed by atoms with Crippen LogP contribution in [0.2, 0.25) is 0 Å². The van der Waals surface area contributed by atoms with Crippen LogP contribution in [-0.4, -0.2) is 72.0 Å². The molecule has 1 spiro atoms. The zero-order valence-electron chi connectivity index (χ0n) is 26.5. The molecule has 3 aliphatic rings. The van der Waals surface area contributed by atoms with Crippen LogP contribution in [0.25, 0.3) is 0 Å². The molecule has 0 aliphatic carbocycles. The Morgan fingerprint density at radius 1 is 1.17 bits per heavy atom. The fourth-order valence-corrected chi connectivity index (χ4v) is 6.11. The number of amides is 2. The van der Waals surface area contributed by atoms with Gasteiger partial charge in [0.25, 0.3) is 11.8 Å². The summed E-state index contributed by atoms with van der Waals surface area (Å²) >= 11 is 0. The summed E-state index contributed by atoms with van der Waals surface area (Å²) in [6, 6.07) is 2.01. The summed E-state index contributed by atoms with van der Waals surface area (Å²) in [5.41, 5.74) is -2.54. The average molecular weight is 661 g/mol. The van der Waals surface area contributed by atoms with Crippen molar-refractivity contribution in [2.75, 3.05) is 27.1 Å². The smallest absolute Gasteiger partial charge is 0.482 e. The van der Waals surface area contributed by atoms with Gasteiger partial charge in [-0.25, -0.2) is 13.6 Å². The second kappa shape index (κ2) is 14.4. The van der Waals surface area contributed by atoms with Crippen LogP contribution in [0.4, 0.5) is 13.6 Å². The maximum Gasteiger partial charge on any atom is 0.511 e. The lowest BCUT2D eigenvalue weighted by atomic mass is 9.85. The Morgan fingerprint density at radius 3 is 2.70 bits per heavy atom. The summed E-state index contributed by atoms with van der Waals surface area (Å²) < 4.78 is 50.3. The van der Waals surface area contributed by atoms with E-state index < -0.39 is 64.8 Å². The Labute approximate surface area is 269 Å². The predicted octanol–water partition coefficient (Wildman–Crippen LogP) is 4.42. The quantitative estimate of drug-likeness (QED) is 0.210. The lowest BCUT2D eigenvalue weighted by Crippen LogP contribution is -2.52. The Balaban J connectivity index is 1.48. The molecule has 15 heteroatoms. The fourth-order valence-electron chi connectivity index (χ4n) is 6.11. The number of oxime groups is 1. The number of nitrogens with one attached hydrogen (secondary N) is 1. The number of aromatic nitrogens is 1. The van der Waals surface area contributed by atoms with E-state index in [1.807, 2.05) is 6.92 Å². The zero-order valence-corrected chi connectivity index (χ0v) is 26.5. The fraction of sp³-hybridized carbons (Fsp3) is 0.531. The van der Waals surface area contributed by atoms with Gasteiger partial charge < -0.3 is 38.6 Å². The number of carbonyl (C=O) groups excluding carboxylic acids is 3. The molecule has 2 amide bonds. The topological polar surface area (TPSA) is 147 Å². The van der Waals surface area contributed by atoms with E-state index in [1.54, 1.807) is 4.90 Å². The SMILES string of the molecule is CCCCCCOC(=O)OCOc1c2n(cc(C(=O)NCc3ccc(F)cc3F)c1=O)[C@@H]1CN(C2=O)[C@@H](C)CC[C@]12CC(OC)=NO2. The van der Waals surface area contributed by atoms with Crippen LogP contribution in [0.1, 0.15) is 91.2 Å². The number of benzene rings is 1. The van der Waals surface area contributed by atoms with Gasteiger partial charge >= 0.3 is 6.16 Å². The maximum atomic E-state index is 14.3. The molecule has 1 fully saturated rings. The molecule has 1 N–H and O–H groups in total. The lowest BCUT2D eigenvalue weighted by Gasteiger charge is -2.42. The third-order valence-electron chi connectivity index (χ3n) is 8.80. The van der Waals surface area contributed by atoms with Crippen LogP contribution >= 0.6 is 0 Å². The number of nitrogens with zero attached hydrogens (tertiary/aromatic N) is 3. The Kier molecular flexibility index (Phi) is 10.3. The number of halogens is 2. The Hall–Kier alpha value is -4.69. The molecule has 0 unspecified atom stereocenters. The van der Waals surface area contributed by atoms with E-state index in [0.29, 0.717) is 31.2 Å². The Bertz CT molecular complexity index is 1610. The number of rotatable bonds is 11. The first-order valence-corrected chi connectivity index (χ1v) is 15.6. The molecular weight excluding hydrogens is 622 g/mol. The third-order valence-corrected chi connectivity index (χ3v) is 8.80. The van der Waals surface area contributed by atoms with Gasteiger partial charge in [0.05, 0.1) is 26.2 Å². The number of fused-ring (bicyclic) bond motifs is 5. The van der Waals surface area contributed by atoms with E-state index in [4.69, 9.17) is 23.8 Å². The first-order valence-electron chi connectivity index (χ1n) is 15.6. The predicted molar refractivity (Wildman–Crippen MR) is 162 cm³/mol. The number of hydrogen-bond acceptors (Lipinski definition) is 10.